The zero-order valence-electron chi connectivity index (χ0n) is 10.6. The Morgan fingerprint density at radius 1 is 1.16 bits per heavy atom. The molecule has 2 unspecified atom stereocenters. The summed E-state index contributed by atoms with van der Waals surface area (Å²) in [7, 11) is -3.27. The van der Waals surface area contributed by atoms with Gasteiger partial charge in [-0.3, -0.25) is 0 Å². The highest BCUT2D eigenvalue weighted by Gasteiger charge is 2.25. The number of aromatic nitrogens is 2. The molecule has 102 valence electrons. The van der Waals surface area contributed by atoms with Gasteiger partial charge in [0, 0.05) is 6.26 Å². The molecule has 0 fully saturated rings. The molecule has 0 bridgehead atoms. The van der Waals surface area contributed by atoms with Gasteiger partial charge in [-0.2, -0.15) is 0 Å². The molecule has 2 N–H and O–H groups in total. The summed E-state index contributed by atoms with van der Waals surface area (Å²) in [6, 6.07) is 8.70. The van der Waals surface area contributed by atoms with Crippen molar-refractivity contribution < 1.29 is 12.8 Å². The van der Waals surface area contributed by atoms with Gasteiger partial charge in [0.05, 0.1) is 0 Å². The van der Waals surface area contributed by atoms with E-state index in [0.29, 0.717) is 0 Å². The van der Waals surface area contributed by atoms with Crippen molar-refractivity contribution >= 4 is 9.84 Å². The summed E-state index contributed by atoms with van der Waals surface area (Å²) in [5.74, 6) is 0.264. The van der Waals surface area contributed by atoms with Crippen LogP contribution in [0.5, 0.6) is 0 Å². The fraction of sp³-hybridized carbons (Fsp3) is 0.333. The van der Waals surface area contributed by atoms with Crippen molar-refractivity contribution in [3.8, 4) is 0 Å². The van der Waals surface area contributed by atoms with E-state index in [-0.39, 0.29) is 11.8 Å². The highest BCUT2D eigenvalue weighted by atomic mass is 32.2. The molecule has 0 aliphatic heterocycles. The third-order valence-electron chi connectivity index (χ3n) is 2.87. The number of hydrogen-bond acceptors (Lipinski definition) is 6. The predicted molar refractivity (Wildman–Crippen MR) is 70.0 cm³/mol. The molecule has 0 saturated carbocycles. The second-order valence-corrected chi connectivity index (χ2v) is 6.70. The van der Waals surface area contributed by atoms with Crippen LogP contribution in [0.15, 0.2) is 34.7 Å². The van der Waals surface area contributed by atoms with Gasteiger partial charge in [-0.15, -0.1) is 10.2 Å². The summed E-state index contributed by atoms with van der Waals surface area (Å²) >= 11 is 0. The Labute approximate surface area is 111 Å². The van der Waals surface area contributed by atoms with Crippen molar-refractivity contribution in [2.45, 2.75) is 18.2 Å². The summed E-state index contributed by atoms with van der Waals surface area (Å²) in [5, 5.41) is 6.74. The topological polar surface area (TPSA) is 99.1 Å². The highest BCUT2D eigenvalue weighted by molar-refractivity contribution is 7.90. The maximum Gasteiger partial charge on any atom is 0.237 e. The maximum atomic E-state index is 11.4. The molecule has 0 spiro atoms. The molecule has 1 aromatic carbocycles. The minimum absolute atomic E-state index is 0.0591. The standard InChI is InChI=1S/C12H15N3O3S/c1-8(19(2,16)17)11-14-15-12(18-11)10(13)9-6-4-3-5-7-9/h3-8,10H,13H2,1-2H3. The van der Waals surface area contributed by atoms with Crippen LogP contribution in [0.3, 0.4) is 0 Å². The number of rotatable bonds is 4. The Hall–Kier alpha value is -1.73. The van der Waals surface area contributed by atoms with Crippen LogP contribution in [0, 0.1) is 0 Å². The minimum Gasteiger partial charge on any atom is -0.422 e. The summed E-state index contributed by atoms with van der Waals surface area (Å²) in [6.07, 6.45) is 1.12. The molecule has 2 aromatic rings. The van der Waals surface area contributed by atoms with Crippen LogP contribution >= 0.6 is 0 Å². The van der Waals surface area contributed by atoms with E-state index in [9.17, 15) is 8.42 Å². The lowest BCUT2D eigenvalue weighted by molar-refractivity contribution is 0.431. The fourth-order valence-corrected chi connectivity index (χ4v) is 1.98. The molecule has 0 aliphatic carbocycles. The largest absolute Gasteiger partial charge is 0.422 e. The first-order valence-corrected chi connectivity index (χ1v) is 7.67. The van der Waals surface area contributed by atoms with Crippen molar-refractivity contribution in [3.05, 3.63) is 47.7 Å². The molecule has 0 aliphatic rings. The van der Waals surface area contributed by atoms with Crippen molar-refractivity contribution in [1.82, 2.24) is 10.2 Å². The lowest BCUT2D eigenvalue weighted by Crippen LogP contribution is -2.12. The molecule has 6 nitrogen and oxygen atoms in total. The van der Waals surface area contributed by atoms with Gasteiger partial charge in [-0.05, 0) is 12.5 Å². The fourth-order valence-electron chi connectivity index (χ4n) is 1.52. The summed E-state index contributed by atoms with van der Waals surface area (Å²) in [5.41, 5.74) is 6.82. The Morgan fingerprint density at radius 3 is 2.32 bits per heavy atom. The molecule has 7 heteroatoms. The molecule has 2 atom stereocenters. The van der Waals surface area contributed by atoms with Crippen LogP contribution in [0.2, 0.25) is 0 Å². The van der Waals surface area contributed by atoms with Crippen LogP contribution in [-0.4, -0.2) is 24.9 Å². The molecule has 0 amide bonds. The third kappa shape index (κ3) is 2.99. The molecular weight excluding hydrogens is 266 g/mol. The maximum absolute atomic E-state index is 11.4. The lowest BCUT2D eigenvalue weighted by atomic mass is 10.1. The molecule has 1 heterocycles. The van der Waals surface area contributed by atoms with Crippen molar-refractivity contribution in [2.75, 3.05) is 6.26 Å². The van der Waals surface area contributed by atoms with Crippen molar-refractivity contribution in [3.63, 3.8) is 0 Å². The minimum atomic E-state index is -3.27. The Morgan fingerprint density at radius 2 is 1.74 bits per heavy atom. The van der Waals surface area contributed by atoms with Crippen molar-refractivity contribution in [1.29, 1.82) is 0 Å². The van der Waals surface area contributed by atoms with E-state index in [1.165, 1.54) is 6.92 Å². The summed E-state index contributed by atoms with van der Waals surface area (Å²) in [4.78, 5) is 0. The quantitative estimate of drug-likeness (QED) is 0.904. The Bertz CT molecular complexity index is 652. The number of benzene rings is 1. The van der Waals surface area contributed by atoms with Gasteiger partial charge in [0.15, 0.2) is 9.84 Å². The van der Waals surface area contributed by atoms with Crippen LogP contribution in [-0.2, 0) is 9.84 Å². The molecule has 19 heavy (non-hydrogen) atoms. The number of nitrogens with zero attached hydrogens (tertiary/aromatic N) is 2. The van der Waals surface area contributed by atoms with Crippen LogP contribution in [0.4, 0.5) is 0 Å². The highest BCUT2D eigenvalue weighted by Crippen LogP contribution is 2.23. The van der Waals surface area contributed by atoms with E-state index < -0.39 is 21.1 Å². The molecule has 0 radical (unpaired) electrons. The number of sulfone groups is 1. The van der Waals surface area contributed by atoms with E-state index in [0.717, 1.165) is 11.8 Å². The number of nitrogens with two attached hydrogens (primary N) is 1. The van der Waals surface area contributed by atoms with E-state index in [1.807, 2.05) is 30.3 Å². The van der Waals surface area contributed by atoms with Crippen LogP contribution in [0.1, 0.15) is 35.6 Å². The monoisotopic (exact) mass is 281 g/mol. The summed E-state index contributed by atoms with van der Waals surface area (Å²) in [6.45, 7) is 1.50. The normalized spacial score (nSPS) is 15.1. The van der Waals surface area contributed by atoms with E-state index in [2.05, 4.69) is 10.2 Å². The van der Waals surface area contributed by atoms with E-state index in [4.69, 9.17) is 10.2 Å². The van der Waals surface area contributed by atoms with Gasteiger partial charge in [-0.25, -0.2) is 8.42 Å². The van der Waals surface area contributed by atoms with E-state index in [1.54, 1.807) is 0 Å². The molecule has 1 aromatic heterocycles. The van der Waals surface area contributed by atoms with Gasteiger partial charge >= 0.3 is 0 Å². The first-order chi connectivity index (χ1) is 8.89. The smallest absolute Gasteiger partial charge is 0.237 e. The molecular formula is C12H15N3O3S. The Kier molecular flexibility index (Phi) is 3.68. The second-order valence-electron chi connectivity index (χ2n) is 4.34. The second kappa shape index (κ2) is 5.10. The SMILES string of the molecule is CC(c1nnc(C(N)c2ccccc2)o1)S(C)(=O)=O. The van der Waals surface area contributed by atoms with Gasteiger partial charge in [-0.1, -0.05) is 30.3 Å². The van der Waals surface area contributed by atoms with Crippen molar-refractivity contribution in [2.24, 2.45) is 5.73 Å². The molecule has 2 rings (SSSR count). The van der Waals surface area contributed by atoms with Gasteiger partial charge in [0.25, 0.3) is 0 Å². The third-order valence-corrected chi connectivity index (χ3v) is 4.36. The van der Waals surface area contributed by atoms with Crippen LogP contribution < -0.4 is 5.73 Å². The van der Waals surface area contributed by atoms with Crippen LogP contribution in [0.25, 0.3) is 0 Å². The first-order valence-electron chi connectivity index (χ1n) is 5.72. The Balaban J connectivity index is 2.27. The zero-order valence-corrected chi connectivity index (χ0v) is 11.5. The van der Waals surface area contributed by atoms with Gasteiger partial charge in [0.2, 0.25) is 11.8 Å². The van der Waals surface area contributed by atoms with Gasteiger partial charge < -0.3 is 10.2 Å². The average molecular weight is 281 g/mol. The van der Waals surface area contributed by atoms with E-state index >= 15 is 0 Å². The number of hydrogen-bond donors (Lipinski definition) is 1. The molecule has 0 saturated heterocycles. The first kappa shape index (κ1) is 13.7. The summed E-state index contributed by atoms with van der Waals surface area (Å²) < 4.78 is 28.2. The predicted octanol–water partition coefficient (Wildman–Crippen LogP) is 1.22. The zero-order chi connectivity index (χ0) is 14.0. The average Bonchev–Trinajstić information content (AvgIpc) is 2.86. The van der Waals surface area contributed by atoms with Gasteiger partial charge in [0.1, 0.15) is 11.3 Å². The lowest BCUT2D eigenvalue weighted by Gasteiger charge is -2.07.